The smallest absolute Gasteiger partial charge is 0.198 e. The van der Waals surface area contributed by atoms with Crippen LogP contribution in [0.2, 0.25) is 0 Å². The van der Waals surface area contributed by atoms with Crippen LogP contribution in [0.1, 0.15) is 26.3 Å². The minimum Gasteiger partial charge on any atom is -0.494 e. The Morgan fingerprint density at radius 2 is 2.06 bits per heavy atom. The molecule has 0 spiro atoms. The number of fused-ring (bicyclic) bond motifs is 1. The first-order chi connectivity index (χ1) is 7.87. The van der Waals surface area contributed by atoms with Gasteiger partial charge in [0, 0.05) is 21.6 Å². The minimum absolute atomic E-state index is 0.151. The van der Waals surface area contributed by atoms with Gasteiger partial charge in [-0.05, 0) is 39.0 Å². The Kier molecular flexibility index (Phi) is 3.00. The van der Waals surface area contributed by atoms with Crippen LogP contribution in [0.25, 0.3) is 10.9 Å². The van der Waals surface area contributed by atoms with Crippen molar-refractivity contribution in [2.75, 3.05) is 0 Å². The Labute approximate surface area is 109 Å². The summed E-state index contributed by atoms with van der Waals surface area (Å²) < 4.78 is 0.981. The summed E-state index contributed by atoms with van der Waals surface area (Å²) in [6, 6.07) is 5.83. The van der Waals surface area contributed by atoms with Crippen molar-refractivity contribution >= 4 is 33.0 Å². The van der Waals surface area contributed by atoms with E-state index >= 15 is 0 Å². The largest absolute Gasteiger partial charge is 0.494 e. The molecule has 0 amide bonds. The molecular formula is C13H15BrN2O. The van der Waals surface area contributed by atoms with E-state index in [4.69, 9.17) is 0 Å². The van der Waals surface area contributed by atoms with Gasteiger partial charge in [0.15, 0.2) is 5.88 Å². The van der Waals surface area contributed by atoms with Gasteiger partial charge in [0.05, 0.1) is 11.1 Å². The average molecular weight is 295 g/mol. The van der Waals surface area contributed by atoms with Crippen LogP contribution in [0.15, 0.2) is 27.7 Å². The molecule has 0 aliphatic heterocycles. The highest BCUT2D eigenvalue weighted by Crippen LogP contribution is 2.28. The van der Waals surface area contributed by atoms with Crippen LogP contribution in [0.4, 0.5) is 0 Å². The summed E-state index contributed by atoms with van der Waals surface area (Å²) in [5, 5.41) is 10.8. The van der Waals surface area contributed by atoms with Crippen LogP contribution in [-0.2, 0) is 0 Å². The van der Waals surface area contributed by atoms with Gasteiger partial charge in [0.1, 0.15) is 0 Å². The predicted octanol–water partition coefficient (Wildman–Crippen LogP) is 3.85. The Balaban J connectivity index is 2.56. The minimum atomic E-state index is -0.151. The van der Waals surface area contributed by atoms with Gasteiger partial charge in [-0.2, -0.15) is 0 Å². The molecule has 90 valence electrons. The van der Waals surface area contributed by atoms with Crippen molar-refractivity contribution in [3.05, 3.63) is 28.2 Å². The lowest BCUT2D eigenvalue weighted by atomic mass is 10.1. The van der Waals surface area contributed by atoms with E-state index in [-0.39, 0.29) is 11.4 Å². The van der Waals surface area contributed by atoms with Gasteiger partial charge in [-0.25, -0.2) is 0 Å². The number of halogens is 1. The second kappa shape index (κ2) is 4.18. The fraction of sp³-hybridized carbons (Fsp3) is 0.308. The molecule has 0 aliphatic rings. The highest BCUT2D eigenvalue weighted by molar-refractivity contribution is 9.10. The van der Waals surface area contributed by atoms with Crippen LogP contribution in [-0.4, -0.2) is 21.8 Å². The number of aromatic amines is 1. The summed E-state index contributed by atoms with van der Waals surface area (Å²) in [5.74, 6) is 0.158. The molecule has 0 radical (unpaired) electrons. The molecule has 0 bridgehead atoms. The topological polar surface area (TPSA) is 48.4 Å². The van der Waals surface area contributed by atoms with Gasteiger partial charge in [-0.1, -0.05) is 15.9 Å². The lowest BCUT2D eigenvalue weighted by molar-refractivity contribution is 0.457. The standard InChI is InChI=1S/C13H15BrN2O/c1-13(2,3)15-7-10-9-6-8(14)4-5-11(9)16-12(10)17/h4-7,16-17H,1-3H3. The normalized spacial score (nSPS) is 12.7. The monoisotopic (exact) mass is 294 g/mol. The van der Waals surface area contributed by atoms with Gasteiger partial charge >= 0.3 is 0 Å². The first-order valence-electron chi connectivity index (χ1n) is 5.42. The van der Waals surface area contributed by atoms with Crippen molar-refractivity contribution in [2.24, 2.45) is 4.99 Å². The number of rotatable bonds is 1. The number of H-pyrrole nitrogens is 1. The third kappa shape index (κ3) is 2.69. The molecule has 3 nitrogen and oxygen atoms in total. The van der Waals surface area contributed by atoms with Crippen molar-refractivity contribution in [3.8, 4) is 5.88 Å². The van der Waals surface area contributed by atoms with E-state index in [9.17, 15) is 5.11 Å². The van der Waals surface area contributed by atoms with Crippen LogP contribution < -0.4 is 0 Å². The molecule has 0 saturated heterocycles. The maximum Gasteiger partial charge on any atom is 0.198 e. The van der Waals surface area contributed by atoms with Crippen molar-refractivity contribution in [3.63, 3.8) is 0 Å². The zero-order valence-corrected chi connectivity index (χ0v) is 11.7. The molecule has 2 aromatic rings. The summed E-state index contributed by atoms with van der Waals surface area (Å²) in [6.45, 7) is 6.06. The molecule has 0 saturated carbocycles. The third-order valence-electron chi connectivity index (χ3n) is 2.36. The predicted molar refractivity (Wildman–Crippen MR) is 75.0 cm³/mol. The molecule has 4 heteroatoms. The van der Waals surface area contributed by atoms with Crippen molar-refractivity contribution in [1.29, 1.82) is 0 Å². The van der Waals surface area contributed by atoms with E-state index in [1.807, 2.05) is 39.0 Å². The lowest BCUT2D eigenvalue weighted by Crippen LogP contribution is -2.09. The first kappa shape index (κ1) is 12.2. The summed E-state index contributed by atoms with van der Waals surface area (Å²) in [7, 11) is 0. The fourth-order valence-corrected chi connectivity index (χ4v) is 1.92. The summed E-state index contributed by atoms with van der Waals surface area (Å²) in [4.78, 5) is 7.35. The van der Waals surface area contributed by atoms with Gasteiger partial charge in [-0.3, -0.25) is 4.99 Å². The number of nitrogens with one attached hydrogen (secondary N) is 1. The van der Waals surface area contributed by atoms with E-state index in [2.05, 4.69) is 25.9 Å². The van der Waals surface area contributed by atoms with Crippen molar-refractivity contribution in [1.82, 2.24) is 4.98 Å². The Morgan fingerprint density at radius 3 is 2.71 bits per heavy atom. The molecule has 1 aromatic heterocycles. The first-order valence-corrected chi connectivity index (χ1v) is 6.21. The van der Waals surface area contributed by atoms with E-state index in [0.29, 0.717) is 0 Å². The fourth-order valence-electron chi connectivity index (χ4n) is 1.56. The summed E-state index contributed by atoms with van der Waals surface area (Å²) in [5.41, 5.74) is 1.49. The SMILES string of the molecule is CC(C)(C)N=Cc1c(O)[nH]c2ccc(Br)cc12. The molecule has 1 aromatic carbocycles. The molecule has 0 unspecified atom stereocenters. The van der Waals surface area contributed by atoms with E-state index in [0.717, 1.165) is 20.9 Å². The summed E-state index contributed by atoms with van der Waals surface area (Å²) in [6.07, 6.45) is 1.72. The molecule has 2 N–H and O–H groups in total. The number of nitrogens with zero attached hydrogens (tertiary/aromatic N) is 1. The second-order valence-corrected chi connectivity index (χ2v) is 5.92. The molecule has 0 atom stereocenters. The van der Waals surface area contributed by atoms with Crippen LogP contribution in [0, 0.1) is 0 Å². The number of hydrogen-bond donors (Lipinski definition) is 2. The Bertz CT molecular complexity index is 579. The molecule has 1 heterocycles. The van der Waals surface area contributed by atoms with Gasteiger partial charge in [-0.15, -0.1) is 0 Å². The number of aromatic hydroxyl groups is 1. The molecule has 0 fully saturated rings. The van der Waals surface area contributed by atoms with E-state index in [1.165, 1.54) is 0 Å². The number of benzene rings is 1. The second-order valence-electron chi connectivity index (χ2n) is 5.01. The molecule has 17 heavy (non-hydrogen) atoms. The van der Waals surface area contributed by atoms with E-state index < -0.39 is 0 Å². The molecular weight excluding hydrogens is 280 g/mol. The van der Waals surface area contributed by atoms with Crippen molar-refractivity contribution in [2.45, 2.75) is 26.3 Å². The zero-order valence-electron chi connectivity index (χ0n) is 10.1. The number of aromatic nitrogens is 1. The van der Waals surface area contributed by atoms with Crippen LogP contribution in [0.5, 0.6) is 5.88 Å². The molecule has 2 rings (SSSR count). The lowest BCUT2D eigenvalue weighted by Gasteiger charge is -2.10. The average Bonchev–Trinajstić information content (AvgIpc) is 2.49. The maximum atomic E-state index is 9.86. The van der Waals surface area contributed by atoms with Crippen molar-refractivity contribution < 1.29 is 5.11 Å². The van der Waals surface area contributed by atoms with E-state index in [1.54, 1.807) is 6.21 Å². The zero-order chi connectivity index (χ0) is 12.6. The van der Waals surface area contributed by atoms with Crippen LogP contribution in [0.3, 0.4) is 0 Å². The van der Waals surface area contributed by atoms with Gasteiger partial charge in [0.2, 0.25) is 0 Å². The molecule has 0 aliphatic carbocycles. The highest BCUT2D eigenvalue weighted by Gasteiger charge is 2.11. The number of aliphatic imine (C=N–C) groups is 1. The third-order valence-corrected chi connectivity index (χ3v) is 2.85. The Hall–Kier alpha value is -1.29. The van der Waals surface area contributed by atoms with Gasteiger partial charge < -0.3 is 10.1 Å². The summed E-state index contributed by atoms with van der Waals surface area (Å²) >= 11 is 3.43. The van der Waals surface area contributed by atoms with Crippen LogP contribution >= 0.6 is 15.9 Å². The Morgan fingerprint density at radius 1 is 1.35 bits per heavy atom. The van der Waals surface area contributed by atoms with Gasteiger partial charge in [0.25, 0.3) is 0 Å². The number of hydrogen-bond acceptors (Lipinski definition) is 2. The quantitative estimate of drug-likeness (QED) is 0.771. The maximum absolute atomic E-state index is 9.86. The highest BCUT2D eigenvalue weighted by atomic mass is 79.9.